The Balaban J connectivity index is 1.97. The molecule has 114 valence electrons. The average Bonchev–Trinajstić information content (AvgIpc) is 2.90. The van der Waals surface area contributed by atoms with Crippen LogP contribution in [-0.4, -0.2) is 37.0 Å². The Labute approximate surface area is 129 Å². The number of carbonyl (C=O) groups is 1. The molecular weight excluding hydrogens is 308 g/mol. The number of amides is 1. The molecule has 5 nitrogen and oxygen atoms in total. The third kappa shape index (κ3) is 2.95. The molecule has 1 saturated heterocycles. The summed E-state index contributed by atoms with van der Waals surface area (Å²) in [6, 6.07) is 5.03. The lowest BCUT2D eigenvalue weighted by atomic mass is 10.3. The van der Waals surface area contributed by atoms with Gasteiger partial charge in [0.1, 0.15) is 0 Å². The van der Waals surface area contributed by atoms with E-state index >= 15 is 0 Å². The second kappa shape index (κ2) is 5.62. The van der Waals surface area contributed by atoms with Gasteiger partial charge >= 0.3 is 0 Å². The molecule has 0 spiro atoms. The van der Waals surface area contributed by atoms with Gasteiger partial charge in [-0.05, 0) is 31.0 Å². The molecule has 0 bridgehead atoms. The van der Waals surface area contributed by atoms with Crippen LogP contribution in [0.2, 0.25) is 0 Å². The number of nitrogens with zero attached hydrogens (tertiary/aromatic N) is 1. The fourth-order valence-electron chi connectivity index (χ4n) is 2.67. The van der Waals surface area contributed by atoms with Crippen LogP contribution in [0.15, 0.2) is 28.0 Å². The Kier molecular flexibility index (Phi) is 3.98. The zero-order chi connectivity index (χ0) is 15.0. The summed E-state index contributed by atoms with van der Waals surface area (Å²) >= 11 is 1.60. The topological polar surface area (TPSA) is 66.5 Å². The van der Waals surface area contributed by atoms with Crippen LogP contribution in [0.3, 0.4) is 0 Å². The number of sulfonamides is 1. The Hall–Kier alpha value is -1.05. The van der Waals surface area contributed by atoms with Crippen LogP contribution in [-0.2, 0) is 14.8 Å². The molecule has 7 heteroatoms. The van der Waals surface area contributed by atoms with E-state index in [1.165, 1.54) is 4.31 Å². The quantitative estimate of drug-likeness (QED) is 0.905. The van der Waals surface area contributed by atoms with E-state index in [9.17, 15) is 13.2 Å². The lowest BCUT2D eigenvalue weighted by Gasteiger charge is -2.17. The van der Waals surface area contributed by atoms with Gasteiger partial charge < -0.3 is 5.32 Å². The van der Waals surface area contributed by atoms with Gasteiger partial charge in [0.2, 0.25) is 15.9 Å². The zero-order valence-corrected chi connectivity index (χ0v) is 13.5. The van der Waals surface area contributed by atoms with Crippen LogP contribution in [0, 0.1) is 0 Å². The number of benzene rings is 1. The fraction of sp³-hybridized carbons (Fsp3) is 0.500. The van der Waals surface area contributed by atoms with Crippen LogP contribution in [0.1, 0.15) is 26.2 Å². The second-order valence-electron chi connectivity index (χ2n) is 5.45. The van der Waals surface area contributed by atoms with E-state index in [-0.39, 0.29) is 16.1 Å². The van der Waals surface area contributed by atoms with Gasteiger partial charge in [-0.25, -0.2) is 8.42 Å². The minimum atomic E-state index is -3.44. The minimum Gasteiger partial charge on any atom is -0.325 e. The lowest BCUT2D eigenvalue weighted by molar-refractivity contribution is -0.116. The molecule has 21 heavy (non-hydrogen) atoms. The summed E-state index contributed by atoms with van der Waals surface area (Å²) in [5, 5.41) is 3.00. The van der Waals surface area contributed by atoms with Crippen molar-refractivity contribution in [3.05, 3.63) is 18.2 Å². The van der Waals surface area contributed by atoms with E-state index in [4.69, 9.17) is 0 Å². The highest BCUT2D eigenvalue weighted by molar-refractivity contribution is 8.00. The highest BCUT2D eigenvalue weighted by Crippen LogP contribution is 2.36. The minimum absolute atomic E-state index is 0.0653. The number of thioether (sulfide) groups is 1. The molecule has 3 rings (SSSR count). The predicted octanol–water partition coefficient (Wildman–Crippen LogP) is 2.29. The molecule has 1 amide bonds. The first-order valence-corrected chi connectivity index (χ1v) is 9.39. The Morgan fingerprint density at radius 3 is 2.71 bits per heavy atom. The number of nitrogens with one attached hydrogen (secondary N) is 1. The molecule has 1 aromatic carbocycles. The first kappa shape index (κ1) is 14.9. The molecule has 1 aromatic rings. The third-order valence-corrected chi connectivity index (χ3v) is 6.80. The van der Waals surface area contributed by atoms with Gasteiger partial charge in [-0.3, -0.25) is 4.79 Å². The standard InChI is InChI=1S/C14H18N2O3S2/c1-10-8-14(17)15-12-9-11(4-5-13(12)20-10)21(18,19)16-6-2-3-7-16/h4-5,9-10H,2-3,6-8H2,1H3,(H,15,17)/t10-/m0/s1. The largest absolute Gasteiger partial charge is 0.325 e. The molecule has 2 aliphatic heterocycles. The summed E-state index contributed by atoms with van der Waals surface area (Å²) in [6.07, 6.45) is 2.26. The number of anilines is 1. The Bertz CT molecular complexity index is 667. The first-order valence-electron chi connectivity index (χ1n) is 7.07. The van der Waals surface area contributed by atoms with Gasteiger partial charge in [-0.15, -0.1) is 11.8 Å². The number of fused-ring (bicyclic) bond motifs is 1. The van der Waals surface area contributed by atoms with Crippen LogP contribution < -0.4 is 5.32 Å². The van der Waals surface area contributed by atoms with Crippen LogP contribution in [0.4, 0.5) is 5.69 Å². The summed E-state index contributed by atoms with van der Waals surface area (Å²) in [5.41, 5.74) is 0.606. The molecule has 0 radical (unpaired) electrons. The summed E-state index contributed by atoms with van der Waals surface area (Å²) in [6.45, 7) is 3.16. The summed E-state index contributed by atoms with van der Waals surface area (Å²) in [5.74, 6) is -0.0653. The van der Waals surface area contributed by atoms with Gasteiger partial charge in [0.15, 0.2) is 0 Å². The fourth-order valence-corrected chi connectivity index (χ4v) is 5.26. The maximum absolute atomic E-state index is 12.6. The van der Waals surface area contributed by atoms with Crippen molar-refractivity contribution in [3.8, 4) is 0 Å². The number of carbonyl (C=O) groups excluding carboxylic acids is 1. The van der Waals surface area contributed by atoms with E-state index < -0.39 is 10.0 Å². The first-order chi connectivity index (χ1) is 9.96. The average molecular weight is 326 g/mol. The lowest BCUT2D eigenvalue weighted by Crippen LogP contribution is -2.28. The maximum Gasteiger partial charge on any atom is 0.243 e. The monoisotopic (exact) mass is 326 g/mol. The smallest absolute Gasteiger partial charge is 0.243 e. The molecule has 2 heterocycles. The molecule has 0 aromatic heterocycles. The van der Waals surface area contributed by atoms with E-state index in [0.29, 0.717) is 25.2 Å². The van der Waals surface area contributed by atoms with Crippen molar-refractivity contribution in [2.45, 2.75) is 41.2 Å². The normalized spacial score (nSPS) is 23.5. The van der Waals surface area contributed by atoms with Crippen molar-refractivity contribution in [2.24, 2.45) is 0 Å². The molecule has 1 fully saturated rings. The van der Waals surface area contributed by atoms with Crippen molar-refractivity contribution < 1.29 is 13.2 Å². The van der Waals surface area contributed by atoms with Crippen molar-refractivity contribution in [2.75, 3.05) is 18.4 Å². The van der Waals surface area contributed by atoms with Gasteiger partial charge in [-0.2, -0.15) is 4.31 Å². The highest BCUT2D eigenvalue weighted by Gasteiger charge is 2.28. The SMILES string of the molecule is C[C@H]1CC(=O)Nc2cc(S(=O)(=O)N3CCCC3)ccc2S1. The van der Waals surface area contributed by atoms with E-state index in [2.05, 4.69) is 5.32 Å². The van der Waals surface area contributed by atoms with Crippen molar-refractivity contribution in [1.82, 2.24) is 4.31 Å². The van der Waals surface area contributed by atoms with Crippen molar-refractivity contribution in [3.63, 3.8) is 0 Å². The van der Waals surface area contributed by atoms with Crippen LogP contribution in [0.5, 0.6) is 0 Å². The van der Waals surface area contributed by atoms with E-state index in [1.54, 1.807) is 30.0 Å². The van der Waals surface area contributed by atoms with Crippen molar-refractivity contribution >= 4 is 33.4 Å². The number of rotatable bonds is 2. The molecule has 1 atom stereocenters. The molecule has 0 unspecified atom stereocenters. The van der Waals surface area contributed by atoms with Crippen LogP contribution >= 0.6 is 11.8 Å². The number of hydrogen-bond acceptors (Lipinski definition) is 4. The molecular formula is C14H18N2O3S2. The third-order valence-electron chi connectivity index (χ3n) is 3.73. The van der Waals surface area contributed by atoms with Crippen LogP contribution in [0.25, 0.3) is 0 Å². The molecule has 0 saturated carbocycles. The summed E-state index contributed by atoms with van der Waals surface area (Å²) in [4.78, 5) is 13.0. The molecule has 0 aliphatic carbocycles. The van der Waals surface area contributed by atoms with E-state index in [1.807, 2.05) is 6.92 Å². The van der Waals surface area contributed by atoms with Gasteiger partial charge in [0.05, 0.1) is 10.6 Å². The van der Waals surface area contributed by atoms with Gasteiger partial charge in [0, 0.05) is 29.7 Å². The Morgan fingerprint density at radius 1 is 1.29 bits per heavy atom. The van der Waals surface area contributed by atoms with Gasteiger partial charge in [-0.1, -0.05) is 6.92 Å². The summed E-state index contributed by atoms with van der Waals surface area (Å²) in [7, 11) is -3.44. The highest BCUT2D eigenvalue weighted by atomic mass is 32.2. The summed E-state index contributed by atoms with van der Waals surface area (Å²) < 4.78 is 26.6. The predicted molar refractivity (Wildman–Crippen MR) is 83.0 cm³/mol. The second-order valence-corrected chi connectivity index (χ2v) is 8.87. The number of hydrogen-bond donors (Lipinski definition) is 1. The molecule has 1 N–H and O–H groups in total. The Morgan fingerprint density at radius 2 is 2.00 bits per heavy atom. The van der Waals surface area contributed by atoms with Crippen molar-refractivity contribution in [1.29, 1.82) is 0 Å². The van der Waals surface area contributed by atoms with E-state index in [0.717, 1.165) is 17.7 Å². The zero-order valence-electron chi connectivity index (χ0n) is 11.8. The molecule has 2 aliphatic rings. The maximum atomic E-state index is 12.6. The van der Waals surface area contributed by atoms with Gasteiger partial charge in [0.25, 0.3) is 0 Å².